The zero-order valence-electron chi connectivity index (χ0n) is 10.4. The van der Waals surface area contributed by atoms with E-state index in [9.17, 15) is 4.79 Å². The molecular weight excluding hydrogens is 218 g/mol. The van der Waals surface area contributed by atoms with Crippen molar-refractivity contribution in [1.82, 2.24) is 15.1 Å². The van der Waals surface area contributed by atoms with Crippen molar-refractivity contribution in [1.29, 1.82) is 0 Å². The lowest BCUT2D eigenvalue weighted by molar-refractivity contribution is -0.119. The Morgan fingerprint density at radius 2 is 2.29 bits per heavy atom. The van der Waals surface area contributed by atoms with Crippen LogP contribution in [0.5, 0.6) is 0 Å². The molecular formula is C11H19N5O. The normalized spacial score (nSPS) is 16.8. The molecule has 0 saturated carbocycles. The number of aryl methyl sites for hydroxylation is 2. The van der Waals surface area contributed by atoms with E-state index in [1.54, 1.807) is 4.68 Å². The third kappa shape index (κ3) is 2.20. The first-order valence-electron chi connectivity index (χ1n) is 5.96. The number of hydrogen-bond acceptors (Lipinski definition) is 4. The summed E-state index contributed by atoms with van der Waals surface area (Å²) in [6.45, 7) is 3.93. The van der Waals surface area contributed by atoms with Crippen LogP contribution in [0, 0.1) is 0 Å². The van der Waals surface area contributed by atoms with Crippen molar-refractivity contribution >= 4 is 17.4 Å². The molecule has 1 amide bonds. The summed E-state index contributed by atoms with van der Waals surface area (Å²) in [7, 11) is 1.87. The van der Waals surface area contributed by atoms with E-state index in [-0.39, 0.29) is 5.91 Å². The fourth-order valence-corrected chi connectivity index (χ4v) is 2.21. The molecule has 1 aromatic heterocycles. The fourth-order valence-electron chi connectivity index (χ4n) is 2.21. The molecule has 1 saturated heterocycles. The smallest absolute Gasteiger partial charge is 0.239 e. The average Bonchev–Trinajstić information content (AvgIpc) is 2.47. The number of amides is 1. The van der Waals surface area contributed by atoms with Gasteiger partial charge in [0.1, 0.15) is 0 Å². The van der Waals surface area contributed by atoms with Gasteiger partial charge in [-0.3, -0.25) is 9.48 Å². The van der Waals surface area contributed by atoms with Crippen LogP contribution in [0.15, 0.2) is 0 Å². The SMILES string of the molecule is CCc1nn(C)c(N2CCCNC(=O)C2)c1N. The standard InChI is InChI=1S/C11H19N5O/c1-3-8-10(12)11(15(2)14-8)16-6-4-5-13-9(17)7-16/h3-7,12H2,1-2H3,(H,13,17). The van der Waals surface area contributed by atoms with Crippen LogP contribution in [0.25, 0.3) is 0 Å². The van der Waals surface area contributed by atoms with Gasteiger partial charge in [0, 0.05) is 20.1 Å². The molecule has 0 atom stereocenters. The van der Waals surface area contributed by atoms with E-state index < -0.39 is 0 Å². The molecule has 1 aliphatic rings. The van der Waals surface area contributed by atoms with Gasteiger partial charge in [0.15, 0.2) is 5.82 Å². The molecule has 94 valence electrons. The van der Waals surface area contributed by atoms with Crippen molar-refractivity contribution in [3.63, 3.8) is 0 Å². The fraction of sp³-hybridized carbons (Fsp3) is 0.636. The highest BCUT2D eigenvalue weighted by Crippen LogP contribution is 2.26. The van der Waals surface area contributed by atoms with Gasteiger partial charge in [-0.25, -0.2) is 0 Å². The minimum Gasteiger partial charge on any atom is -0.394 e. The van der Waals surface area contributed by atoms with Crippen molar-refractivity contribution in [2.24, 2.45) is 7.05 Å². The van der Waals surface area contributed by atoms with Crippen LogP contribution in [0.1, 0.15) is 19.0 Å². The Kier molecular flexibility index (Phi) is 3.21. The maximum absolute atomic E-state index is 11.5. The number of nitrogen functional groups attached to an aromatic ring is 1. The highest BCUT2D eigenvalue weighted by molar-refractivity contribution is 5.83. The van der Waals surface area contributed by atoms with Crippen molar-refractivity contribution in [3.05, 3.63) is 5.69 Å². The average molecular weight is 237 g/mol. The van der Waals surface area contributed by atoms with Crippen LogP contribution in [-0.2, 0) is 18.3 Å². The van der Waals surface area contributed by atoms with Gasteiger partial charge in [0.2, 0.25) is 5.91 Å². The maximum atomic E-state index is 11.5. The highest BCUT2D eigenvalue weighted by atomic mass is 16.2. The van der Waals surface area contributed by atoms with E-state index in [1.807, 2.05) is 18.9 Å². The molecule has 17 heavy (non-hydrogen) atoms. The lowest BCUT2D eigenvalue weighted by atomic mass is 10.3. The lowest BCUT2D eigenvalue weighted by Gasteiger charge is -2.21. The molecule has 1 aliphatic heterocycles. The third-order valence-corrected chi connectivity index (χ3v) is 3.02. The number of nitrogens with two attached hydrogens (primary N) is 1. The van der Waals surface area contributed by atoms with Crippen LogP contribution < -0.4 is 16.0 Å². The molecule has 2 rings (SSSR count). The summed E-state index contributed by atoms with van der Waals surface area (Å²) >= 11 is 0. The number of nitrogens with one attached hydrogen (secondary N) is 1. The van der Waals surface area contributed by atoms with E-state index in [2.05, 4.69) is 10.4 Å². The van der Waals surface area contributed by atoms with Crippen molar-refractivity contribution < 1.29 is 4.79 Å². The molecule has 1 fully saturated rings. The van der Waals surface area contributed by atoms with Crippen LogP contribution in [-0.4, -0.2) is 35.3 Å². The van der Waals surface area contributed by atoms with Gasteiger partial charge in [-0.1, -0.05) is 6.92 Å². The number of aromatic nitrogens is 2. The van der Waals surface area contributed by atoms with E-state index in [1.165, 1.54) is 0 Å². The molecule has 6 nitrogen and oxygen atoms in total. The van der Waals surface area contributed by atoms with E-state index >= 15 is 0 Å². The topological polar surface area (TPSA) is 76.2 Å². The molecule has 2 heterocycles. The van der Waals surface area contributed by atoms with Gasteiger partial charge < -0.3 is 16.0 Å². The molecule has 0 bridgehead atoms. The first-order chi connectivity index (χ1) is 8.13. The number of hydrogen-bond donors (Lipinski definition) is 2. The van der Waals surface area contributed by atoms with Crippen LogP contribution in [0.4, 0.5) is 11.5 Å². The van der Waals surface area contributed by atoms with Gasteiger partial charge in [-0.15, -0.1) is 0 Å². The van der Waals surface area contributed by atoms with Gasteiger partial charge >= 0.3 is 0 Å². The Balaban J connectivity index is 2.31. The number of anilines is 2. The molecule has 6 heteroatoms. The van der Waals surface area contributed by atoms with Crippen LogP contribution >= 0.6 is 0 Å². The summed E-state index contributed by atoms with van der Waals surface area (Å²) in [5.74, 6) is 0.903. The second-order valence-electron chi connectivity index (χ2n) is 4.29. The predicted molar refractivity (Wildman–Crippen MR) is 66.8 cm³/mol. The summed E-state index contributed by atoms with van der Waals surface area (Å²) in [6.07, 6.45) is 1.73. The van der Waals surface area contributed by atoms with E-state index in [0.717, 1.165) is 37.4 Å². The first kappa shape index (κ1) is 11.8. The summed E-state index contributed by atoms with van der Waals surface area (Å²) in [5, 5.41) is 7.23. The third-order valence-electron chi connectivity index (χ3n) is 3.02. The molecule has 1 aromatic rings. The maximum Gasteiger partial charge on any atom is 0.239 e. The second-order valence-corrected chi connectivity index (χ2v) is 4.29. The van der Waals surface area contributed by atoms with Gasteiger partial charge in [-0.2, -0.15) is 5.10 Å². The summed E-state index contributed by atoms with van der Waals surface area (Å²) in [5.41, 5.74) is 7.68. The molecule has 3 N–H and O–H groups in total. The number of nitrogens with zero attached hydrogens (tertiary/aromatic N) is 3. The number of rotatable bonds is 2. The number of carbonyl (C=O) groups is 1. The Morgan fingerprint density at radius 1 is 1.53 bits per heavy atom. The van der Waals surface area contributed by atoms with Crippen molar-refractivity contribution in [2.75, 3.05) is 30.3 Å². The molecule has 0 aliphatic carbocycles. The minimum atomic E-state index is 0.0427. The summed E-state index contributed by atoms with van der Waals surface area (Å²) in [4.78, 5) is 13.5. The Labute approximate surface area is 101 Å². The van der Waals surface area contributed by atoms with Gasteiger partial charge in [0.05, 0.1) is 17.9 Å². The zero-order valence-corrected chi connectivity index (χ0v) is 10.4. The largest absolute Gasteiger partial charge is 0.394 e. The van der Waals surface area contributed by atoms with Gasteiger partial charge in [0.25, 0.3) is 0 Å². The van der Waals surface area contributed by atoms with E-state index in [0.29, 0.717) is 12.2 Å². The minimum absolute atomic E-state index is 0.0427. The second kappa shape index (κ2) is 4.65. The highest BCUT2D eigenvalue weighted by Gasteiger charge is 2.22. The van der Waals surface area contributed by atoms with Gasteiger partial charge in [-0.05, 0) is 12.8 Å². The Hall–Kier alpha value is -1.72. The zero-order chi connectivity index (χ0) is 12.4. The van der Waals surface area contributed by atoms with Crippen LogP contribution in [0.2, 0.25) is 0 Å². The van der Waals surface area contributed by atoms with Crippen molar-refractivity contribution in [2.45, 2.75) is 19.8 Å². The molecule has 0 radical (unpaired) electrons. The Morgan fingerprint density at radius 3 is 2.94 bits per heavy atom. The molecule has 0 spiro atoms. The summed E-state index contributed by atoms with van der Waals surface area (Å²) in [6, 6.07) is 0. The quantitative estimate of drug-likeness (QED) is 0.752. The van der Waals surface area contributed by atoms with Crippen LogP contribution in [0.3, 0.4) is 0 Å². The Bertz CT molecular complexity index is 426. The lowest BCUT2D eigenvalue weighted by Crippen LogP contribution is -2.34. The number of carbonyl (C=O) groups excluding carboxylic acids is 1. The monoisotopic (exact) mass is 237 g/mol. The molecule has 0 unspecified atom stereocenters. The predicted octanol–water partition coefficient (Wildman–Crippen LogP) is -0.109. The van der Waals surface area contributed by atoms with E-state index in [4.69, 9.17) is 5.73 Å². The molecule has 0 aromatic carbocycles. The first-order valence-corrected chi connectivity index (χ1v) is 5.96. The van der Waals surface area contributed by atoms with Crippen molar-refractivity contribution in [3.8, 4) is 0 Å². The summed E-state index contributed by atoms with van der Waals surface area (Å²) < 4.78 is 1.77.